The van der Waals surface area contributed by atoms with Gasteiger partial charge >= 0.3 is 0 Å². The van der Waals surface area contributed by atoms with E-state index in [1.807, 2.05) is 0 Å². The summed E-state index contributed by atoms with van der Waals surface area (Å²) in [5.74, 6) is 0.960. The van der Waals surface area contributed by atoms with Crippen LogP contribution in [0.5, 0.6) is 5.75 Å². The van der Waals surface area contributed by atoms with Gasteiger partial charge in [-0.1, -0.05) is 0 Å². The molecule has 2 atom stereocenters. The van der Waals surface area contributed by atoms with Crippen molar-refractivity contribution in [3.8, 4) is 5.75 Å². The predicted molar refractivity (Wildman–Crippen MR) is 67.9 cm³/mol. The molecular formula is C14H13AcNO4. The van der Waals surface area contributed by atoms with Crippen molar-refractivity contribution in [3.63, 3.8) is 0 Å². The summed E-state index contributed by atoms with van der Waals surface area (Å²) in [5.41, 5.74) is 0.706. The Hall–Kier alpha value is -0.828. The molecule has 1 fully saturated rings. The molecule has 101 valence electrons. The Labute approximate surface area is 152 Å². The Morgan fingerprint density at radius 3 is 2.50 bits per heavy atom. The van der Waals surface area contributed by atoms with E-state index in [0.717, 1.165) is 0 Å². The molecule has 0 spiro atoms. The fourth-order valence-electron chi connectivity index (χ4n) is 2.25. The molecule has 1 N–H and O–H groups in total. The topological polar surface area (TPSA) is 62.9 Å². The Morgan fingerprint density at radius 2 is 1.95 bits per heavy atom. The summed E-state index contributed by atoms with van der Waals surface area (Å²) in [6.45, 7) is 0. The largest absolute Gasteiger partial charge is 0.497 e. The molecule has 20 heavy (non-hydrogen) atoms. The van der Waals surface area contributed by atoms with E-state index in [1.165, 1.54) is 11.2 Å². The summed E-state index contributed by atoms with van der Waals surface area (Å²) in [6.07, 6.45) is 0.477. The van der Waals surface area contributed by atoms with Crippen molar-refractivity contribution >= 4 is 11.6 Å². The molecule has 0 bridgehead atoms. The van der Waals surface area contributed by atoms with Crippen LogP contribution in [0.3, 0.4) is 0 Å². The van der Waals surface area contributed by atoms with Crippen LogP contribution in [-0.2, 0) is 4.79 Å². The number of β-lactam (4-membered cyclic amide) rings is 1. The third-order valence-electron chi connectivity index (χ3n) is 3.25. The van der Waals surface area contributed by atoms with Crippen LogP contribution in [-0.4, -0.2) is 24.2 Å². The second kappa shape index (κ2) is 6.30. The molecule has 1 aromatic carbocycles. The molecule has 3 rings (SSSR count). The average Bonchev–Trinajstić information content (AvgIpc) is 2.97. The first-order valence-corrected chi connectivity index (χ1v) is 5.91. The maximum atomic E-state index is 11.8. The zero-order valence-electron chi connectivity index (χ0n) is 10.9. The van der Waals surface area contributed by atoms with Gasteiger partial charge in [0.1, 0.15) is 17.6 Å². The Morgan fingerprint density at radius 1 is 1.25 bits per heavy atom. The normalized spacial score (nSPS) is 21.1. The fraction of sp³-hybridized carbons (Fsp3) is 0.214. The average molecular weight is 486 g/mol. The summed E-state index contributed by atoms with van der Waals surface area (Å²) in [7, 11) is 1.58. The number of benzene rings is 1. The van der Waals surface area contributed by atoms with Gasteiger partial charge in [0.25, 0.3) is 5.91 Å². The molecular weight excluding hydrogens is 473 g/mol. The zero-order valence-corrected chi connectivity index (χ0v) is 15.6. The van der Waals surface area contributed by atoms with Gasteiger partial charge in [-0.3, -0.25) is 9.69 Å². The molecule has 1 aliphatic heterocycles. The quantitative estimate of drug-likeness (QED) is 0.672. The van der Waals surface area contributed by atoms with E-state index in [4.69, 9.17) is 9.15 Å². The van der Waals surface area contributed by atoms with Crippen LogP contribution in [0.1, 0.15) is 11.8 Å². The summed E-state index contributed by atoms with van der Waals surface area (Å²) in [4.78, 5) is 13.3. The van der Waals surface area contributed by atoms with Gasteiger partial charge in [0.15, 0.2) is 6.10 Å². The van der Waals surface area contributed by atoms with Gasteiger partial charge in [-0.05, 0) is 36.4 Å². The van der Waals surface area contributed by atoms with Gasteiger partial charge in [0.2, 0.25) is 0 Å². The number of ether oxygens (including phenoxy) is 1. The van der Waals surface area contributed by atoms with E-state index in [9.17, 15) is 9.90 Å². The maximum Gasteiger partial charge on any atom is 0.259 e. The maximum absolute atomic E-state index is 11.8. The SMILES string of the molecule is COc1ccc(N2C(=O)C(O)C2c2ccco2)cc1.[Ac]. The smallest absolute Gasteiger partial charge is 0.259 e. The minimum absolute atomic E-state index is 0. The second-order valence-corrected chi connectivity index (χ2v) is 4.31. The molecule has 0 saturated carbocycles. The molecule has 0 aliphatic carbocycles. The number of amides is 1. The van der Waals surface area contributed by atoms with Crippen LogP contribution in [0, 0.1) is 44.1 Å². The molecule has 1 amide bonds. The van der Waals surface area contributed by atoms with Gasteiger partial charge in [-0.25, -0.2) is 0 Å². The number of furan rings is 1. The first kappa shape index (κ1) is 15.6. The minimum Gasteiger partial charge on any atom is -0.497 e. The predicted octanol–water partition coefficient (Wildman–Crippen LogP) is 1.74. The van der Waals surface area contributed by atoms with Crippen LogP contribution in [0.25, 0.3) is 0 Å². The summed E-state index contributed by atoms with van der Waals surface area (Å²) < 4.78 is 10.4. The molecule has 1 aliphatic rings. The van der Waals surface area contributed by atoms with Crippen molar-refractivity contribution in [2.75, 3.05) is 12.0 Å². The van der Waals surface area contributed by atoms with Gasteiger partial charge in [0, 0.05) is 49.7 Å². The zero-order chi connectivity index (χ0) is 13.4. The van der Waals surface area contributed by atoms with Crippen LogP contribution >= 0.6 is 0 Å². The minimum atomic E-state index is -1.05. The van der Waals surface area contributed by atoms with Crippen molar-refractivity contribution < 1.29 is 63.1 Å². The molecule has 6 heteroatoms. The first-order valence-electron chi connectivity index (χ1n) is 5.91. The van der Waals surface area contributed by atoms with E-state index in [-0.39, 0.29) is 50.0 Å². The van der Waals surface area contributed by atoms with E-state index in [1.54, 1.807) is 43.5 Å². The van der Waals surface area contributed by atoms with Crippen LogP contribution in [0.4, 0.5) is 5.69 Å². The first-order chi connectivity index (χ1) is 9.22. The third kappa shape index (κ3) is 2.53. The van der Waals surface area contributed by atoms with E-state index in [0.29, 0.717) is 17.2 Å². The summed E-state index contributed by atoms with van der Waals surface area (Å²) >= 11 is 0. The number of aliphatic hydroxyl groups excluding tert-OH is 1. The molecule has 2 unspecified atom stereocenters. The number of anilines is 1. The van der Waals surface area contributed by atoms with Crippen LogP contribution in [0.2, 0.25) is 0 Å². The Bertz CT molecular complexity index is 582. The molecule has 2 aromatic rings. The molecule has 1 saturated heterocycles. The van der Waals surface area contributed by atoms with Gasteiger partial charge in [-0.2, -0.15) is 0 Å². The van der Waals surface area contributed by atoms with E-state index in [2.05, 4.69) is 0 Å². The fourth-order valence-corrected chi connectivity index (χ4v) is 2.25. The van der Waals surface area contributed by atoms with Crippen molar-refractivity contribution in [1.29, 1.82) is 0 Å². The van der Waals surface area contributed by atoms with Crippen molar-refractivity contribution in [1.82, 2.24) is 0 Å². The van der Waals surface area contributed by atoms with Crippen LogP contribution < -0.4 is 9.64 Å². The number of aliphatic hydroxyl groups is 1. The van der Waals surface area contributed by atoms with Gasteiger partial charge < -0.3 is 14.3 Å². The van der Waals surface area contributed by atoms with Crippen molar-refractivity contribution in [2.24, 2.45) is 0 Å². The van der Waals surface area contributed by atoms with E-state index < -0.39 is 12.1 Å². The number of methoxy groups -OCH3 is 1. The van der Waals surface area contributed by atoms with Crippen molar-refractivity contribution in [3.05, 3.63) is 48.4 Å². The third-order valence-corrected chi connectivity index (χ3v) is 3.25. The summed E-state index contributed by atoms with van der Waals surface area (Å²) in [6, 6.07) is 10.1. The molecule has 5 nitrogen and oxygen atoms in total. The number of hydrogen-bond acceptors (Lipinski definition) is 4. The number of rotatable bonds is 3. The summed E-state index contributed by atoms with van der Waals surface area (Å²) in [5, 5.41) is 9.80. The van der Waals surface area contributed by atoms with Gasteiger partial charge in [0.05, 0.1) is 13.4 Å². The second-order valence-electron chi connectivity index (χ2n) is 4.31. The number of nitrogens with zero attached hydrogens (tertiary/aromatic N) is 1. The molecule has 1 aromatic heterocycles. The number of carbonyl (C=O) groups excluding carboxylic acids is 1. The molecule has 2 heterocycles. The number of hydrogen-bond donors (Lipinski definition) is 1. The number of carbonyl (C=O) groups is 1. The van der Waals surface area contributed by atoms with E-state index >= 15 is 0 Å². The Balaban J connectivity index is 0.00000147. The van der Waals surface area contributed by atoms with Crippen molar-refractivity contribution in [2.45, 2.75) is 12.1 Å². The van der Waals surface area contributed by atoms with Gasteiger partial charge in [-0.15, -0.1) is 0 Å². The standard InChI is InChI=1S/C14H13NO4.Ac/c1-18-10-6-4-9(5-7-10)15-12(13(16)14(15)17)11-3-2-8-19-11;/h2-8,12-13,16H,1H3;. The Kier molecular flexibility index (Phi) is 4.90. The molecule has 1 radical (unpaired) electrons. The van der Waals surface area contributed by atoms with Crippen LogP contribution in [0.15, 0.2) is 47.1 Å². The monoisotopic (exact) mass is 486 g/mol.